The Kier molecular flexibility index (Phi) is 9.94. The molecule has 0 fully saturated rings. The van der Waals surface area contributed by atoms with Gasteiger partial charge in [-0.1, -0.05) is 103 Å². The summed E-state index contributed by atoms with van der Waals surface area (Å²) in [4.78, 5) is 16.0. The first-order valence-corrected chi connectivity index (χ1v) is 21.1. The van der Waals surface area contributed by atoms with Gasteiger partial charge in [0.25, 0.3) is 0 Å². The Hall–Kier alpha value is -7.32. The van der Waals surface area contributed by atoms with Crippen molar-refractivity contribution < 1.29 is 0 Å². The van der Waals surface area contributed by atoms with E-state index in [-0.39, 0.29) is 0 Å². The standard InChI is InChI=1S/C52H37N5S2/c1-4-12-40(13-5-1)49-30-32-51(58-49)55(45-18-10-34-53-36-45)43-24-20-38(21-25-43)47-28-29-48(57(47)42-16-8-3-9-17-42)39-22-26-44(27-23-39)56(46-19-11-35-54-37-46)52-33-31-50(59-52)41-14-6-2-7-15-41/h1-37H. The zero-order chi connectivity index (χ0) is 39.4. The highest BCUT2D eigenvalue weighted by molar-refractivity contribution is 7.19. The van der Waals surface area contributed by atoms with Crippen molar-refractivity contribution in [2.24, 2.45) is 0 Å². The van der Waals surface area contributed by atoms with E-state index in [4.69, 9.17) is 0 Å². The van der Waals surface area contributed by atoms with E-state index >= 15 is 0 Å². The largest absolute Gasteiger partial charge is 0.309 e. The molecule has 0 radical (unpaired) electrons. The molecule has 5 aromatic carbocycles. The van der Waals surface area contributed by atoms with Gasteiger partial charge >= 0.3 is 0 Å². The first-order chi connectivity index (χ1) is 29.3. The third kappa shape index (κ3) is 7.37. The fourth-order valence-electron chi connectivity index (χ4n) is 7.50. The van der Waals surface area contributed by atoms with Crippen LogP contribution in [-0.4, -0.2) is 14.5 Å². The number of thiophene rings is 2. The molecule has 10 aromatic rings. The summed E-state index contributed by atoms with van der Waals surface area (Å²) >= 11 is 3.55. The molecule has 7 heteroatoms. The Morgan fingerprint density at radius 2 is 0.763 bits per heavy atom. The summed E-state index contributed by atoms with van der Waals surface area (Å²) in [7, 11) is 0. The van der Waals surface area contributed by atoms with Gasteiger partial charge < -0.3 is 14.4 Å². The number of hydrogen-bond acceptors (Lipinski definition) is 6. The summed E-state index contributed by atoms with van der Waals surface area (Å²) < 4.78 is 2.36. The molecule has 5 heterocycles. The molecule has 282 valence electrons. The van der Waals surface area contributed by atoms with Crippen LogP contribution in [0.4, 0.5) is 32.8 Å². The van der Waals surface area contributed by atoms with Crippen molar-refractivity contribution in [2.45, 2.75) is 0 Å². The van der Waals surface area contributed by atoms with E-state index in [2.05, 4.69) is 212 Å². The predicted molar refractivity (Wildman–Crippen MR) is 248 cm³/mol. The van der Waals surface area contributed by atoms with Gasteiger partial charge in [-0.05, 0) is 119 Å². The maximum Gasteiger partial charge on any atom is 0.101 e. The number of para-hydroxylation sites is 1. The second-order valence-electron chi connectivity index (χ2n) is 14.0. The second-order valence-corrected chi connectivity index (χ2v) is 16.1. The molecular formula is C52H37N5S2. The first kappa shape index (κ1) is 36.0. The molecule has 0 aliphatic carbocycles. The zero-order valence-corrected chi connectivity index (χ0v) is 33.5. The molecule has 5 nitrogen and oxygen atoms in total. The SMILES string of the molecule is c1ccc(-c2ccc(N(c3ccc(-c4ccc(-c5ccc(N(c6cccnc6)c6ccc(-c7ccccc7)s6)cc5)n4-c4ccccc4)cc3)c3cccnc3)s2)cc1. The summed E-state index contributed by atoms with van der Waals surface area (Å²) in [6, 6.07) is 70.9. The van der Waals surface area contributed by atoms with Gasteiger partial charge in [0.2, 0.25) is 0 Å². The summed E-state index contributed by atoms with van der Waals surface area (Å²) in [6.45, 7) is 0. The molecule has 0 spiro atoms. The second kappa shape index (κ2) is 16.3. The molecule has 0 aliphatic heterocycles. The number of benzene rings is 5. The average Bonchev–Trinajstić information content (AvgIpc) is 4.11. The minimum atomic E-state index is 1.01. The van der Waals surface area contributed by atoms with Crippen molar-refractivity contribution in [3.05, 3.63) is 225 Å². The molecule has 0 N–H and O–H groups in total. The average molecular weight is 796 g/mol. The minimum Gasteiger partial charge on any atom is -0.309 e. The fraction of sp³-hybridized carbons (Fsp3) is 0. The minimum absolute atomic E-state index is 1.01. The summed E-state index contributed by atoms with van der Waals surface area (Å²) in [6.07, 6.45) is 7.48. The molecule has 10 rings (SSSR count). The lowest BCUT2D eigenvalue weighted by Crippen LogP contribution is -2.08. The molecule has 0 saturated heterocycles. The Labute approximate surface area is 352 Å². The fourth-order valence-corrected chi connectivity index (χ4v) is 9.60. The third-order valence-electron chi connectivity index (χ3n) is 10.3. The summed E-state index contributed by atoms with van der Waals surface area (Å²) in [5.74, 6) is 0. The van der Waals surface area contributed by atoms with Crippen molar-refractivity contribution in [2.75, 3.05) is 9.80 Å². The van der Waals surface area contributed by atoms with Crippen LogP contribution < -0.4 is 9.80 Å². The molecule has 0 unspecified atom stereocenters. The number of aromatic nitrogens is 3. The zero-order valence-electron chi connectivity index (χ0n) is 31.9. The quantitative estimate of drug-likeness (QED) is 0.131. The van der Waals surface area contributed by atoms with E-state index in [0.717, 1.165) is 61.0 Å². The van der Waals surface area contributed by atoms with Gasteiger partial charge in [-0.3, -0.25) is 9.97 Å². The Morgan fingerprint density at radius 3 is 1.17 bits per heavy atom. The first-order valence-electron chi connectivity index (χ1n) is 19.5. The molecular weight excluding hydrogens is 759 g/mol. The van der Waals surface area contributed by atoms with E-state index in [1.165, 1.54) is 20.9 Å². The van der Waals surface area contributed by atoms with E-state index in [1.54, 1.807) is 22.7 Å². The number of pyridine rings is 2. The molecule has 0 atom stereocenters. The van der Waals surface area contributed by atoms with Gasteiger partial charge in [0.05, 0.1) is 35.2 Å². The highest BCUT2D eigenvalue weighted by atomic mass is 32.1. The van der Waals surface area contributed by atoms with Crippen LogP contribution in [-0.2, 0) is 0 Å². The van der Waals surface area contributed by atoms with Gasteiger partial charge in [-0.15, -0.1) is 22.7 Å². The number of rotatable bonds is 11. The van der Waals surface area contributed by atoms with Crippen molar-refractivity contribution in [3.8, 4) is 49.1 Å². The maximum atomic E-state index is 4.48. The van der Waals surface area contributed by atoms with Crippen molar-refractivity contribution in [1.29, 1.82) is 0 Å². The van der Waals surface area contributed by atoms with Gasteiger partial charge in [-0.2, -0.15) is 0 Å². The van der Waals surface area contributed by atoms with Crippen LogP contribution in [0.1, 0.15) is 0 Å². The lowest BCUT2D eigenvalue weighted by Gasteiger charge is -2.24. The van der Waals surface area contributed by atoms with Crippen molar-refractivity contribution in [1.82, 2.24) is 14.5 Å². The Balaban J connectivity index is 1.00. The predicted octanol–water partition coefficient (Wildman–Crippen LogP) is 15.0. The van der Waals surface area contributed by atoms with E-state index in [1.807, 2.05) is 36.9 Å². The van der Waals surface area contributed by atoms with Crippen LogP contribution in [0, 0.1) is 0 Å². The van der Waals surface area contributed by atoms with Gasteiger partial charge in [0.15, 0.2) is 0 Å². The number of anilines is 6. The lowest BCUT2D eigenvalue weighted by molar-refractivity contribution is 1.09. The third-order valence-corrected chi connectivity index (χ3v) is 12.5. The number of hydrogen-bond donors (Lipinski definition) is 0. The van der Waals surface area contributed by atoms with Gasteiger partial charge in [0, 0.05) is 39.2 Å². The smallest absolute Gasteiger partial charge is 0.101 e. The molecule has 0 aliphatic rings. The maximum absolute atomic E-state index is 4.48. The topological polar surface area (TPSA) is 37.2 Å². The lowest BCUT2D eigenvalue weighted by atomic mass is 10.1. The normalized spacial score (nSPS) is 11.1. The number of nitrogens with zero attached hydrogens (tertiary/aromatic N) is 5. The highest BCUT2D eigenvalue weighted by Gasteiger charge is 2.20. The van der Waals surface area contributed by atoms with Crippen molar-refractivity contribution >= 4 is 55.4 Å². The molecule has 0 bridgehead atoms. The van der Waals surface area contributed by atoms with E-state index < -0.39 is 0 Å². The van der Waals surface area contributed by atoms with Crippen LogP contribution in [0.25, 0.3) is 49.1 Å². The molecule has 0 amide bonds. The van der Waals surface area contributed by atoms with Gasteiger partial charge in [0.1, 0.15) is 10.0 Å². The van der Waals surface area contributed by atoms with Gasteiger partial charge in [-0.25, -0.2) is 0 Å². The summed E-state index contributed by atoms with van der Waals surface area (Å²) in [5, 5.41) is 2.25. The molecule has 5 aromatic heterocycles. The summed E-state index contributed by atoms with van der Waals surface area (Å²) in [5.41, 5.74) is 12.1. The molecule has 0 saturated carbocycles. The van der Waals surface area contributed by atoms with Crippen LogP contribution in [0.3, 0.4) is 0 Å². The van der Waals surface area contributed by atoms with Crippen LogP contribution in [0.15, 0.2) is 225 Å². The van der Waals surface area contributed by atoms with Crippen LogP contribution in [0.2, 0.25) is 0 Å². The van der Waals surface area contributed by atoms with E-state index in [9.17, 15) is 0 Å². The van der Waals surface area contributed by atoms with Crippen molar-refractivity contribution in [3.63, 3.8) is 0 Å². The Bertz CT molecular complexity index is 2720. The highest BCUT2D eigenvalue weighted by Crippen LogP contribution is 2.44. The molecule has 59 heavy (non-hydrogen) atoms. The van der Waals surface area contributed by atoms with E-state index in [0.29, 0.717) is 0 Å². The van der Waals surface area contributed by atoms with Crippen LogP contribution in [0.5, 0.6) is 0 Å². The Morgan fingerprint density at radius 1 is 0.339 bits per heavy atom. The van der Waals surface area contributed by atoms with Crippen LogP contribution >= 0.6 is 22.7 Å². The monoisotopic (exact) mass is 795 g/mol.